The molecule has 0 N–H and O–H groups in total. The second-order valence-electron chi connectivity index (χ2n) is 11.0. The van der Waals surface area contributed by atoms with Gasteiger partial charge in [0.05, 0.1) is 12.7 Å². The molecule has 3 heterocycles. The van der Waals surface area contributed by atoms with Crippen LogP contribution in [0.3, 0.4) is 0 Å². The van der Waals surface area contributed by atoms with Crippen LogP contribution in [0.1, 0.15) is 52.0 Å². The number of nitrogens with zero attached hydrogens (tertiary/aromatic N) is 3. The highest BCUT2D eigenvalue weighted by atomic mass is 16.6. The molecular weight excluding hydrogens is 482 g/mol. The Bertz CT molecular complexity index is 1130. The second-order valence-corrected chi connectivity index (χ2v) is 11.0. The van der Waals surface area contributed by atoms with Gasteiger partial charge in [-0.25, -0.2) is 9.59 Å². The maximum atomic E-state index is 12.5. The minimum atomic E-state index is -0.486. The summed E-state index contributed by atoms with van der Waals surface area (Å²) >= 11 is 0. The van der Waals surface area contributed by atoms with E-state index in [1.54, 1.807) is 12.1 Å². The lowest BCUT2D eigenvalue weighted by Gasteiger charge is -2.55. The summed E-state index contributed by atoms with van der Waals surface area (Å²) in [6.45, 7) is 7.14. The van der Waals surface area contributed by atoms with Gasteiger partial charge in [0.2, 0.25) is 0 Å². The van der Waals surface area contributed by atoms with E-state index in [1.165, 1.54) is 20.0 Å². The van der Waals surface area contributed by atoms with Gasteiger partial charge in [0.15, 0.2) is 6.29 Å². The first kappa shape index (κ1) is 26.2. The highest BCUT2D eigenvalue weighted by Gasteiger charge is 2.45. The zero-order chi connectivity index (χ0) is 26.5. The van der Waals surface area contributed by atoms with Crippen LogP contribution in [0.5, 0.6) is 0 Å². The minimum Gasteiger partial charge on any atom is -0.465 e. The number of hydrogen-bond donors (Lipinski definition) is 0. The first-order valence-electron chi connectivity index (χ1n) is 13.6. The number of carbonyl (C=O) groups is 3. The molecular formula is C30H37N3O5. The molecule has 2 aromatic carbocycles. The average Bonchev–Trinajstić information content (AvgIpc) is 2.95. The number of aldehydes is 1. The molecule has 0 atom stereocenters. The highest BCUT2D eigenvalue weighted by molar-refractivity contribution is 5.99. The lowest BCUT2D eigenvalue weighted by atomic mass is 9.71. The number of hydrogen-bond acceptors (Lipinski definition) is 7. The summed E-state index contributed by atoms with van der Waals surface area (Å²) in [5, 5.41) is 0. The number of anilines is 1. The van der Waals surface area contributed by atoms with Crippen LogP contribution in [-0.2, 0) is 16.1 Å². The normalized spacial score (nSPS) is 19.6. The molecule has 0 bridgehead atoms. The van der Waals surface area contributed by atoms with E-state index in [2.05, 4.69) is 9.80 Å². The van der Waals surface area contributed by atoms with Crippen LogP contribution in [0.25, 0.3) is 0 Å². The molecule has 3 aliphatic rings. The predicted molar refractivity (Wildman–Crippen MR) is 144 cm³/mol. The van der Waals surface area contributed by atoms with Crippen molar-refractivity contribution in [2.24, 2.45) is 11.3 Å². The van der Waals surface area contributed by atoms with Gasteiger partial charge in [-0.1, -0.05) is 30.3 Å². The van der Waals surface area contributed by atoms with Crippen LogP contribution < -0.4 is 4.90 Å². The Hall–Kier alpha value is -3.39. The lowest BCUT2D eigenvalue weighted by molar-refractivity contribution is 0.0516. The Balaban J connectivity index is 1.03. The number of piperidine rings is 2. The van der Waals surface area contributed by atoms with Crippen LogP contribution in [0.2, 0.25) is 0 Å². The van der Waals surface area contributed by atoms with Crippen LogP contribution in [0.15, 0.2) is 48.5 Å². The summed E-state index contributed by atoms with van der Waals surface area (Å²) in [4.78, 5) is 42.6. The summed E-state index contributed by atoms with van der Waals surface area (Å²) in [6, 6.07) is 15.2. The van der Waals surface area contributed by atoms with Crippen molar-refractivity contribution >= 4 is 24.0 Å². The van der Waals surface area contributed by atoms with E-state index in [-0.39, 0.29) is 6.09 Å². The van der Waals surface area contributed by atoms with Crippen LogP contribution >= 0.6 is 0 Å². The van der Waals surface area contributed by atoms with E-state index in [4.69, 9.17) is 9.47 Å². The Labute approximate surface area is 224 Å². The van der Waals surface area contributed by atoms with Gasteiger partial charge in [0, 0.05) is 49.4 Å². The maximum Gasteiger partial charge on any atom is 0.410 e. The Morgan fingerprint density at radius 3 is 2.37 bits per heavy atom. The zero-order valence-corrected chi connectivity index (χ0v) is 22.1. The summed E-state index contributed by atoms with van der Waals surface area (Å²) in [7, 11) is 1.32. The number of likely N-dealkylation sites (tertiary alicyclic amines) is 2. The fraction of sp³-hybridized carbons (Fsp3) is 0.500. The number of benzene rings is 2. The van der Waals surface area contributed by atoms with Gasteiger partial charge in [-0.3, -0.25) is 4.79 Å². The van der Waals surface area contributed by atoms with Crippen molar-refractivity contribution in [3.05, 3.63) is 65.2 Å². The summed E-state index contributed by atoms with van der Waals surface area (Å²) in [6.07, 6.45) is 4.92. The molecule has 0 radical (unpaired) electrons. The van der Waals surface area contributed by atoms with Crippen LogP contribution in [0, 0.1) is 11.3 Å². The first-order chi connectivity index (χ1) is 18.5. The van der Waals surface area contributed by atoms with Gasteiger partial charge in [-0.2, -0.15) is 0 Å². The molecule has 1 spiro atoms. The average molecular weight is 520 g/mol. The van der Waals surface area contributed by atoms with E-state index < -0.39 is 5.97 Å². The van der Waals surface area contributed by atoms with E-state index in [0.29, 0.717) is 29.1 Å². The molecule has 3 aliphatic heterocycles. The SMILES string of the molecule is COC(=O)c1ccc(N2CC3(CCN(CC4CCN(C(=O)OCc5ccccc5)CC4)CC3)C2)cc1C=O. The summed E-state index contributed by atoms with van der Waals surface area (Å²) in [5.74, 6) is 0.134. The molecule has 0 unspecified atom stereocenters. The molecule has 0 saturated carbocycles. The van der Waals surface area contributed by atoms with Gasteiger partial charge in [-0.05, 0) is 68.5 Å². The van der Waals surface area contributed by atoms with Gasteiger partial charge < -0.3 is 24.2 Å². The third-order valence-electron chi connectivity index (χ3n) is 8.50. The van der Waals surface area contributed by atoms with Crippen molar-refractivity contribution < 1.29 is 23.9 Å². The van der Waals surface area contributed by atoms with E-state index in [0.717, 1.165) is 76.2 Å². The van der Waals surface area contributed by atoms with E-state index in [9.17, 15) is 14.4 Å². The van der Waals surface area contributed by atoms with Crippen molar-refractivity contribution in [2.75, 3.05) is 57.8 Å². The predicted octanol–water partition coefficient (Wildman–Crippen LogP) is 4.24. The van der Waals surface area contributed by atoms with Gasteiger partial charge in [-0.15, -0.1) is 0 Å². The monoisotopic (exact) mass is 519 g/mol. The number of esters is 1. The molecule has 1 amide bonds. The van der Waals surface area contributed by atoms with Crippen molar-refractivity contribution in [1.29, 1.82) is 0 Å². The number of methoxy groups -OCH3 is 1. The molecule has 0 aliphatic carbocycles. The quantitative estimate of drug-likeness (QED) is 0.400. The second kappa shape index (κ2) is 11.6. The van der Waals surface area contributed by atoms with E-state index in [1.807, 2.05) is 41.3 Å². The smallest absolute Gasteiger partial charge is 0.410 e. The number of carbonyl (C=O) groups excluding carboxylic acids is 3. The molecule has 8 nitrogen and oxygen atoms in total. The van der Waals surface area contributed by atoms with Gasteiger partial charge >= 0.3 is 12.1 Å². The first-order valence-corrected chi connectivity index (χ1v) is 13.6. The molecule has 3 fully saturated rings. The highest BCUT2D eigenvalue weighted by Crippen LogP contribution is 2.43. The fourth-order valence-corrected chi connectivity index (χ4v) is 6.09. The molecule has 8 heteroatoms. The van der Waals surface area contributed by atoms with Gasteiger partial charge in [0.1, 0.15) is 6.61 Å². The number of rotatable bonds is 7. The van der Waals surface area contributed by atoms with Crippen LogP contribution in [0.4, 0.5) is 10.5 Å². The minimum absolute atomic E-state index is 0.207. The van der Waals surface area contributed by atoms with Gasteiger partial charge in [0.25, 0.3) is 0 Å². The molecule has 0 aromatic heterocycles. The summed E-state index contributed by atoms with van der Waals surface area (Å²) in [5.41, 5.74) is 3.02. The zero-order valence-electron chi connectivity index (χ0n) is 22.1. The third-order valence-corrected chi connectivity index (χ3v) is 8.50. The molecule has 2 aromatic rings. The third kappa shape index (κ3) is 5.85. The lowest BCUT2D eigenvalue weighted by Crippen LogP contribution is -2.60. The van der Waals surface area contributed by atoms with Crippen molar-refractivity contribution in [3.63, 3.8) is 0 Å². The van der Waals surface area contributed by atoms with Crippen molar-refractivity contribution in [2.45, 2.75) is 32.3 Å². The molecule has 202 valence electrons. The number of amides is 1. The Morgan fingerprint density at radius 1 is 1.00 bits per heavy atom. The topological polar surface area (TPSA) is 79.4 Å². The molecule has 3 saturated heterocycles. The van der Waals surface area contributed by atoms with Crippen molar-refractivity contribution in [1.82, 2.24) is 9.80 Å². The van der Waals surface area contributed by atoms with E-state index >= 15 is 0 Å². The fourth-order valence-electron chi connectivity index (χ4n) is 6.09. The number of ether oxygens (including phenoxy) is 2. The summed E-state index contributed by atoms with van der Waals surface area (Å²) < 4.78 is 10.3. The Morgan fingerprint density at radius 2 is 1.71 bits per heavy atom. The standard InChI is InChI=1S/C30H37N3O5/c1-37-28(35)27-8-7-26(17-25(27)19-34)33-21-30(22-33)11-15-31(16-12-30)18-23-9-13-32(14-10-23)29(36)38-20-24-5-3-2-4-6-24/h2-8,17,19,23H,9-16,18,20-22H2,1H3. The maximum absolute atomic E-state index is 12.5. The molecule has 38 heavy (non-hydrogen) atoms. The largest absolute Gasteiger partial charge is 0.465 e. The van der Waals surface area contributed by atoms with Crippen molar-refractivity contribution in [3.8, 4) is 0 Å². The van der Waals surface area contributed by atoms with Crippen LogP contribution in [-0.4, -0.2) is 81.1 Å². The molecule has 5 rings (SSSR count). The Kier molecular flexibility index (Phi) is 7.98.